The van der Waals surface area contributed by atoms with Crippen molar-refractivity contribution in [1.82, 2.24) is 10.2 Å². The molecule has 0 aromatic carbocycles. The fourth-order valence-electron chi connectivity index (χ4n) is 11.9. The van der Waals surface area contributed by atoms with Crippen LogP contribution in [-0.4, -0.2) is 219 Å². The number of esters is 1. The third kappa shape index (κ3) is 25.4. The number of piperidine rings is 1. The summed E-state index contributed by atoms with van der Waals surface area (Å²) >= 11 is 0. The van der Waals surface area contributed by atoms with Crippen molar-refractivity contribution in [2.45, 2.75) is 187 Å². The van der Waals surface area contributed by atoms with Crippen LogP contribution in [0.2, 0.25) is 0 Å². The number of aliphatic hydroxyl groups excluding tert-OH is 1. The van der Waals surface area contributed by atoms with E-state index in [1.54, 1.807) is 48.0 Å². The molecular formula is C66H108N2O20. The van der Waals surface area contributed by atoms with E-state index in [2.05, 4.69) is 5.32 Å². The number of amides is 2. The molecule has 1 aliphatic carbocycles. The van der Waals surface area contributed by atoms with Crippen LogP contribution >= 0.6 is 0 Å². The monoisotopic (exact) mass is 1250 g/mol. The van der Waals surface area contributed by atoms with Crippen molar-refractivity contribution in [1.29, 1.82) is 0 Å². The number of nitrogens with one attached hydrogen (secondary N) is 1. The minimum absolute atomic E-state index is 0.00253. The lowest BCUT2D eigenvalue weighted by molar-refractivity contribution is -0.265. The molecule has 15 atom stereocenters. The summed E-state index contributed by atoms with van der Waals surface area (Å²) in [5, 5.41) is 26.4. The molecule has 4 rings (SSSR count). The van der Waals surface area contributed by atoms with E-state index in [4.69, 9.17) is 56.8 Å². The summed E-state index contributed by atoms with van der Waals surface area (Å²) in [4.78, 5) is 85.9. The number of cyclic esters (lactones) is 1. The van der Waals surface area contributed by atoms with Gasteiger partial charge >= 0.3 is 12.1 Å². The van der Waals surface area contributed by atoms with E-state index < -0.39 is 102 Å². The van der Waals surface area contributed by atoms with E-state index in [-0.39, 0.29) is 55.9 Å². The summed E-state index contributed by atoms with van der Waals surface area (Å²) in [5.74, 6) is -8.51. The maximum Gasteiger partial charge on any atom is 0.407 e. The number of nitrogens with zero attached hydrogens (tertiary/aromatic N) is 1. The first-order chi connectivity index (χ1) is 42.2. The predicted molar refractivity (Wildman–Crippen MR) is 328 cm³/mol. The van der Waals surface area contributed by atoms with Crippen molar-refractivity contribution in [2.75, 3.05) is 114 Å². The first-order valence-corrected chi connectivity index (χ1v) is 32.1. The summed E-state index contributed by atoms with van der Waals surface area (Å²) in [5.41, 5.74) is 1.22. The van der Waals surface area contributed by atoms with Crippen LogP contribution in [0.3, 0.4) is 0 Å². The first-order valence-electron chi connectivity index (χ1n) is 32.1. The number of fused-ring (bicyclic) bond motifs is 3. The number of ketones is 3. The number of carbonyl (C=O) groups is 6. The molecule has 88 heavy (non-hydrogen) atoms. The Hall–Kier alpha value is -4.30. The van der Waals surface area contributed by atoms with E-state index >= 15 is 0 Å². The number of hydrogen-bond donors (Lipinski definition) is 3. The lowest BCUT2D eigenvalue weighted by atomic mass is 9.78. The summed E-state index contributed by atoms with van der Waals surface area (Å²) in [6.07, 6.45) is 9.65. The smallest absolute Gasteiger partial charge is 0.407 e. The Balaban J connectivity index is 1.43. The van der Waals surface area contributed by atoms with Gasteiger partial charge in [-0.3, -0.25) is 19.2 Å². The zero-order valence-electron chi connectivity index (χ0n) is 54.6. The lowest BCUT2D eigenvalue weighted by Crippen LogP contribution is -2.61. The Morgan fingerprint density at radius 2 is 1.38 bits per heavy atom. The standard InChI is InChI=1S/C66H108N2O20/c1-12-80-28-29-82-32-33-84-36-37-85-35-34-83-31-30-81-27-25-67-65(75)87-55-24-22-51(41-58(55)78-10)40-47(5)57-43-54(69)46(4)39-49(7)60(71)61(79-11)59(70)48(6)38-44(2)18-14-13-15-19-45(3)56(77-9)42-52-23-21-50(8)66(76,88-52)62(72)63(73)68-26-17-16-20-53(68)64(74)86-57/h13-15,18-19,39,44,46-48,50-53,55-58,60-61,71,76H,12,16-17,20-38,40-43H2,1-11H3,(H,67,75)/b15-13+,18-14+,45-19+,49-39+/t44-,46-,47-,48-,50-,51+,52+,53+,55-,56+,57+,58-,60-,61+,66-/m1/s1. The molecule has 0 unspecified atom stereocenters. The number of Topliss-reactive ketones (excluding diaryl/α,β-unsaturated/α-hetero) is 3. The Bertz CT molecular complexity index is 2240. The summed E-state index contributed by atoms with van der Waals surface area (Å²) in [7, 11) is 4.50. The van der Waals surface area contributed by atoms with Crippen LogP contribution in [0, 0.1) is 35.5 Å². The molecule has 3 aliphatic heterocycles. The minimum Gasteiger partial charge on any atom is -0.460 e. The minimum atomic E-state index is -2.47. The number of aliphatic hydroxyl groups is 2. The highest BCUT2D eigenvalue weighted by Crippen LogP contribution is 2.38. The van der Waals surface area contributed by atoms with Crippen molar-refractivity contribution < 1.29 is 95.8 Å². The highest BCUT2D eigenvalue weighted by molar-refractivity contribution is 6.39. The molecule has 2 saturated heterocycles. The summed E-state index contributed by atoms with van der Waals surface area (Å²) in [6.45, 7) is 20.2. The van der Waals surface area contributed by atoms with E-state index in [9.17, 15) is 39.0 Å². The van der Waals surface area contributed by atoms with Gasteiger partial charge in [-0.25, -0.2) is 9.59 Å². The Morgan fingerprint density at radius 1 is 0.739 bits per heavy atom. The van der Waals surface area contributed by atoms with Crippen molar-refractivity contribution in [2.24, 2.45) is 35.5 Å². The maximum absolute atomic E-state index is 14.7. The van der Waals surface area contributed by atoms with Crippen LogP contribution < -0.4 is 5.32 Å². The number of allylic oxidation sites excluding steroid dienone is 6. The number of methoxy groups -OCH3 is 3. The van der Waals surface area contributed by atoms with Crippen LogP contribution in [0.1, 0.15) is 132 Å². The summed E-state index contributed by atoms with van der Waals surface area (Å²) in [6, 6.07) is -1.19. The predicted octanol–water partition coefficient (Wildman–Crippen LogP) is 7.03. The van der Waals surface area contributed by atoms with Crippen molar-refractivity contribution in [3.05, 3.63) is 47.6 Å². The maximum atomic E-state index is 14.7. The molecule has 22 heteroatoms. The van der Waals surface area contributed by atoms with Gasteiger partial charge in [0, 0.05) is 71.6 Å². The molecule has 3 heterocycles. The van der Waals surface area contributed by atoms with Gasteiger partial charge in [-0.1, -0.05) is 71.1 Å². The van der Waals surface area contributed by atoms with Gasteiger partial charge in [-0.2, -0.15) is 0 Å². The van der Waals surface area contributed by atoms with Crippen LogP contribution in [0.4, 0.5) is 4.79 Å². The second kappa shape index (κ2) is 41.2. The zero-order valence-corrected chi connectivity index (χ0v) is 54.6. The molecule has 0 aromatic rings. The second-order valence-corrected chi connectivity index (χ2v) is 24.2. The molecule has 2 bridgehead atoms. The van der Waals surface area contributed by atoms with Crippen molar-refractivity contribution >= 4 is 35.3 Å². The third-order valence-corrected chi connectivity index (χ3v) is 17.3. The number of carbonyl (C=O) groups excluding carboxylic acids is 6. The molecule has 3 fully saturated rings. The average molecular weight is 1250 g/mol. The Morgan fingerprint density at radius 3 is 1.99 bits per heavy atom. The number of hydrogen-bond acceptors (Lipinski definition) is 20. The molecular weight excluding hydrogens is 1140 g/mol. The van der Waals surface area contributed by atoms with Gasteiger partial charge < -0.3 is 77.3 Å². The molecule has 0 radical (unpaired) electrons. The van der Waals surface area contributed by atoms with Gasteiger partial charge in [-0.15, -0.1) is 0 Å². The highest BCUT2D eigenvalue weighted by Gasteiger charge is 2.53. The molecule has 0 spiro atoms. The zero-order chi connectivity index (χ0) is 64.6. The van der Waals surface area contributed by atoms with Gasteiger partial charge in [0.2, 0.25) is 5.79 Å². The van der Waals surface area contributed by atoms with Crippen LogP contribution in [0.5, 0.6) is 0 Å². The molecule has 22 nitrogen and oxygen atoms in total. The number of alkyl carbamates (subject to hydrolysis) is 1. The van der Waals surface area contributed by atoms with E-state index in [1.807, 2.05) is 58.1 Å². The van der Waals surface area contributed by atoms with Gasteiger partial charge in [0.05, 0.1) is 91.0 Å². The Labute approximate surface area is 523 Å². The van der Waals surface area contributed by atoms with Crippen LogP contribution in [-0.2, 0) is 80.8 Å². The van der Waals surface area contributed by atoms with Crippen molar-refractivity contribution in [3.8, 4) is 0 Å². The van der Waals surface area contributed by atoms with Gasteiger partial charge in [0.25, 0.3) is 11.7 Å². The molecule has 2 amide bonds. The van der Waals surface area contributed by atoms with Gasteiger partial charge in [-0.05, 0) is 114 Å². The molecule has 0 aromatic heterocycles. The van der Waals surface area contributed by atoms with E-state index in [1.165, 1.54) is 12.0 Å². The quantitative estimate of drug-likeness (QED) is 0.0339. The fraction of sp³-hybridized carbons (Fsp3) is 0.788. The SMILES string of the molecule is CCOCCOCCOCCOCCOCCOCCNC(=O)O[C@@H]1CC[C@@H](C[C@@H](C)[C@@H]2CC(=O)[C@H](C)/C=C(\C)[C@@H](O)[C@@H](OC)C(=O)[C@H](C)C[C@H](C)/C=C/C=C/C=C(\C)[C@@H](OC)C[C@@H]3CC[C@@H](C)[C@@](O)(O3)C(=O)C(=O)N3CCCC[C@H]3C(=O)O2)C[C@H]1OC. The normalized spacial score (nSPS) is 32.9. The number of rotatable bonds is 26. The molecule has 4 aliphatic rings. The van der Waals surface area contributed by atoms with Crippen molar-refractivity contribution in [3.63, 3.8) is 0 Å². The van der Waals surface area contributed by atoms with Crippen LogP contribution in [0.15, 0.2) is 47.6 Å². The first kappa shape index (κ1) is 76.2. The van der Waals surface area contributed by atoms with Crippen LogP contribution in [0.25, 0.3) is 0 Å². The molecule has 3 N–H and O–H groups in total. The van der Waals surface area contributed by atoms with E-state index in [0.717, 1.165) is 5.57 Å². The molecule has 502 valence electrons. The third-order valence-electron chi connectivity index (χ3n) is 17.3. The Kier molecular flexibility index (Phi) is 35.7. The topological polar surface area (TPSA) is 269 Å². The van der Waals surface area contributed by atoms with Gasteiger partial charge in [0.1, 0.15) is 36.2 Å². The largest absolute Gasteiger partial charge is 0.460 e. The lowest BCUT2D eigenvalue weighted by Gasteiger charge is -2.42. The van der Waals surface area contributed by atoms with Gasteiger partial charge in [0.15, 0.2) is 5.78 Å². The highest BCUT2D eigenvalue weighted by atomic mass is 16.6. The van der Waals surface area contributed by atoms with E-state index in [0.29, 0.717) is 142 Å². The number of ether oxygens (including phenoxy) is 12. The molecule has 1 saturated carbocycles. The summed E-state index contributed by atoms with van der Waals surface area (Å²) < 4.78 is 68.6. The average Bonchev–Trinajstić information content (AvgIpc) is 2.26. The second-order valence-electron chi connectivity index (χ2n) is 24.2. The fourth-order valence-corrected chi connectivity index (χ4v) is 11.9.